The molecule has 1 N–H and O–H groups in total. The van der Waals surface area contributed by atoms with Gasteiger partial charge in [-0.3, -0.25) is 4.68 Å². The first-order valence-electron chi connectivity index (χ1n) is 8.00. The highest BCUT2D eigenvalue weighted by atomic mass is 35.5. The first-order valence-corrected chi connectivity index (χ1v) is 8.37. The zero-order valence-electron chi connectivity index (χ0n) is 13.3. The fourth-order valence-corrected chi connectivity index (χ4v) is 3.11. The average Bonchev–Trinajstić information content (AvgIpc) is 3.13. The van der Waals surface area contributed by atoms with Gasteiger partial charge >= 0.3 is 0 Å². The molecule has 0 amide bonds. The number of benzene rings is 2. The van der Waals surface area contributed by atoms with Crippen LogP contribution in [-0.2, 0) is 6.54 Å². The quantitative estimate of drug-likeness (QED) is 0.709. The number of aliphatic hydroxyl groups excluding tert-OH is 1. The van der Waals surface area contributed by atoms with Gasteiger partial charge in [-0.05, 0) is 29.7 Å². The van der Waals surface area contributed by atoms with Crippen LogP contribution in [0.5, 0.6) is 0 Å². The zero-order valence-corrected chi connectivity index (χ0v) is 14.0. The van der Waals surface area contributed by atoms with Crippen LogP contribution < -0.4 is 0 Å². The Morgan fingerprint density at radius 2 is 1.67 bits per heavy atom. The van der Waals surface area contributed by atoms with E-state index in [4.69, 9.17) is 11.6 Å². The standard InChI is InChI=1S/C19H20ClN3O/c20-19-8-6-16(7-9-19)17(11-23-14-21-13-22-23)10-18(12-24)15-4-2-1-3-5-15/h1-9,13-14,17-18,24H,10-12H2. The maximum absolute atomic E-state index is 9.89. The molecule has 1 aromatic heterocycles. The molecule has 2 atom stereocenters. The first kappa shape index (κ1) is 16.7. The lowest BCUT2D eigenvalue weighted by Gasteiger charge is -2.23. The molecule has 2 unspecified atom stereocenters. The number of aliphatic hydroxyl groups is 1. The van der Waals surface area contributed by atoms with Crippen LogP contribution in [0.25, 0.3) is 0 Å². The molecule has 0 aliphatic carbocycles. The van der Waals surface area contributed by atoms with E-state index in [-0.39, 0.29) is 18.4 Å². The third kappa shape index (κ3) is 4.22. The largest absolute Gasteiger partial charge is 0.396 e. The van der Waals surface area contributed by atoms with Crippen molar-refractivity contribution >= 4 is 11.6 Å². The van der Waals surface area contributed by atoms with Gasteiger partial charge in [0, 0.05) is 30.0 Å². The molecule has 0 radical (unpaired) electrons. The molecular weight excluding hydrogens is 322 g/mol. The van der Waals surface area contributed by atoms with Crippen molar-refractivity contribution in [1.82, 2.24) is 14.8 Å². The van der Waals surface area contributed by atoms with Gasteiger partial charge in [0.1, 0.15) is 12.7 Å². The minimum atomic E-state index is 0.0791. The van der Waals surface area contributed by atoms with Crippen molar-refractivity contribution in [2.45, 2.75) is 24.8 Å². The van der Waals surface area contributed by atoms with Gasteiger partial charge in [-0.25, -0.2) is 4.98 Å². The van der Waals surface area contributed by atoms with E-state index in [0.717, 1.165) is 17.0 Å². The van der Waals surface area contributed by atoms with Crippen molar-refractivity contribution in [1.29, 1.82) is 0 Å². The van der Waals surface area contributed by atoms with Crippen LogP contribution in [0.1, 0.15) is 29.4 Å². The topological polar surface area (TPSA) is 50.9 Å². The highest BCUT2D eigenvalue weighted by Crippen LogP contribution is 2.31. The van der Waals surface area contributed by atoms with Crippen molar-refractivity contribution in [2.24, 2.45) is 0 Å². The lowest BCUT2D eigenvalue weighted by molar-refractivity contribution is 0.249. The summed E-state index contributed by atoms with van der Waals surface area (Å²) >= 11 is 6.02. The number of hydrogen-bond acceptors (Lipinski definition) is 3. The van der Waals surface area contributed by atoms with E-state index in [9.17, 15) is 5.11 Å². The molecule has 124 valence electrons. The molecule has 0 spiro atoms. The molecule has 1 heterocycles. The molecule has 0 aliphatic heterocycles. The predicted molar refractivity (Wildman–Crippen MR) is 95.1 cm³/mol. The maximum Gasteiger partial charge on any atom is 0.137 e. The highest BCUT2D eigenvalue weighted by Gasteiger charge is 2.20. The zero-order chi connectivity index (χ0) is 16.8. The fourth-order valence-electron chi connectivity index (χ4n) is 2.99. The molecule has 24 heavy (non-hydrogen) atoms. The summed E-state index contributed by atoms with van der Waals surface area (Å²) in [6.45, 7) is 0.830. The summed E-state index contributed by atoms with van der Waals surface area (Å²) in [6.07, 6.45) is 4.08. The molecule has 4 nitrogen and oxygen atoms in total. The molecule has 0 saturated heterocycles. The van der Waals surface area contributed by atoms with E-state index >= 15 is 0 Å². The van der Waals surface area contributed by atoms with Crippen LogP contribution in [0, 0.1) is 0 Å². The number of nitrogens with zero attached hydrogens (tertiary/aromatic N) is 3. The first-order chi connectivity index (χ1) is 11.8. The summed E-state index contributed by atoms with van der Waals surface area (Å²) in [5, 5.41) is 14.8. The molecule has 2 aromatic carbocycles. The molecule has 5 heteroatoms. The van der Waals surface area contributed by atoms with Gasteiger partial charge in [0.25, 0.3) is 0 Å². The van der Waals surface area contributed by atoms with E-state index in [0.29, 0.717) is 6.54 Å². The summed E-state index contributed by atoms with van der Waals surface area (Å²) in [5.74, 6) is 0.289. The summed E-state index contributed by atoms with van der Waals surface area (Å²) < 4.78 is 1.83. The summed E-state index contributed by atoms with van der Waals surface area (Å²) in [5.41, 5.74) is 2.34. The van der Waals surface area contributed by atoms with Gasteiger partial charge in [-0.2, -0.15) is 5.10 Å². The number of aromatic nitrogens is 3. The summed E-state index contributed by atoms with van der Waals surface area (Å²) in [4.78, 5) is 4.02. The van der Waals surface area contributed by atoms with Crippen molar-refractivity contribution < 1.29 is 5.11 Å². The van der Waals surface area contributed by atoms with Gasteiger partial charge in [-0.15, -0.1) is 0 Å². The van der Waals surface area contributed by atoms with E-state index in [2.05, 4.69) is 22.2 Å². The van der Waals surface area contributed by atoms with Crippen LogP contribution in [-0.4, -0.2) is 26.5 Å². The van der Waals surface area contributed by atoms with E-state index < -0.39 is 0 Å². The molecule has 0 saturated carbocycles. The van der Waals surface area contributed by atoms with E-state index in [1.165, 1.54) is 5.56 Å². The van der Waals surface area contributed by atoms with Crippen molar-refractivity contribution in [3.05, 3.63) is 83.4 Å². The Hall–Kier alpha value is -2.17. The number of rotatable bonds is 7. The van der Waals surface area contributed by atoms with Gasteiger partial charge in [0.2, 0.25) is 0 Å². The molecule has 0 aliphatic rings. The van der Waals surface area contributed by atoms with Gasteiger partial charge in [0.05, 0.1) is 0 Å². The third-order valence-corrected chi connectivity index (χ3v) is 4.53. The minimum absolute atomic E-state index is 0.0791. The second kappa shape index (κ2) is 8.08. The van der Waals surface area contributed by atoms with Crippen LogP contribution in [0.15, 0.2) is 67.3 Å². The Kier molecular flexibility index (Phi) is 5.62. The molecule has 0 fully saturated rings. The number of hydrogen-bond donors (Lipinski definition) is 1. The molecule has 3 rings (SSSR count). The monoisotopic (exact) mass is 341 g/mol. The Morgan fingerprint density at radius 1 is 0.958 bits per heavy atom. The van der Waals surface area contributed by atoms with Crippen LogP contribution in [0.2, 0.25) is 5.02 Å². The van der Waals surface area contributed by atoms with Crippen molar-refractivity contribution in [3.63, 3.8) is 0 Å². The van der Waals surface area contributed by atoms with E-state index in [1.54, 1.807) is 12.7 Å². The Labute approximate surface area is 146 Å². The molecular formula is C19H20ClN3O. The van der Waals surface area contributed by atoms with Gasteiger partial charge in [-0.1, -0.05) is 54.1 Å². The average molecular weight is 342 g/mol. The predicted octanol–water partition coefficient (Wildman–Crippen LogP) is 3.88. The lowest BCUT2D eigenvalue weighted by Crippen LogP contribution is -2.15. The van der Waals surface area contributed by atoms with E-state index in [1.807, 2.05) is 47.1 Å². The lowest BCUT2D eigenvalue weighted by atomic mass is 9.85. The van der Waals surface area contributed by atoms with Crippen LogP contribution in [0.4, 0.5) is 0 Å². The van der Waals surface area contributed by atoms with Gasteiger partial charge in [0.15, 0.2) is 0 Å². The second-order valence-corrected chi connectivity index (χ2v) is 6.33. The summed E-state index contributed by atoms with van der Waals surface area (Å²) in [7, 11) is 0. The minimum Gasteiger partial charge on any atom is -0.396 e. The Balaban J connectivity index is 1.84. The summed E-state index contributed by atoms with van der Waals surface area (Å²) in [6, 6.07) is 18.0. The molecule has 0 bridgehead atoms. The maximum atomic E-state index is 9.89. The highest BCUT2D eigenvalue weighted by molar-refractivity contribution is 6.30. The van der Waals surface area contributed by atoms with Crippen molar-refractivity contribution in [3.8, 4) is 0 Å². The Morgan fingerprint density at radius 3 is 2.29 bits per heavy atom. The SMILES string of the molecule is OCC(CC(Cn1cncn1)c1ccc(Cl)cc1)c1ccccc1. The van der Waals surface area contributed by atoms with Crippen LogP contribution >= 0.6 is 11.6 Å². The second-order valence-electron chi connectivity index (χ2n) is 5.89. The Bertz CT molecular complexity index is 729. The fraction of sp³-hybridized carbons (Fsp3) is 0.263. The smallest absolute Gasteiger partial charge is 0.137 e. The van der Waals surface area contributed by atoms with Gasteiger partial charge < -0.3 is 5.11 Å². The number of halogens is 1. The van der Waals surface area contributed by atoms with Crippen LogP contribution in [0.3, 0.4) is 0 Å². The molecule has 3 aromatic rings. The van der Waals surface area contributed by atoms with Crippen molar-refractivity contribution in [2.75, 3.05) is 6.61 Å². The normalized spacial score (nSPS) is 13.6. The third-order valence-electron chi connectivity index (χ3n) is 4.28.